The van der Waals surface area contributed by atoms with Crippen molar-refractivity contribution in [3.63, 3.8) is 0 Å². The van der Waals surface area contributed by atoms with E-state index >= 15 is 0 Å². The highest BCUT2D eigenvalue weighted by atomic mass is 16.8. The zero-order chi connectivity index (χ0) is 66.3. The third kappa shape index (κ3) is 15.8. The number of benzene rings is 4. The highest BCUT2D eigenvalue weighted by molar-refractivity contribution is 5.98. The molecule has 0 aliphatic carbocycles. The number of hydrogen-bond acceptors (Lipinski definition) is 16. The van der Waals surface area contributed by atoms with Crippen LogP contribution in [0.1, 0.15) is 88.5 Å². The predicted molar refractivity (Wildman–Crippen MR) is 343 cm³/mol. The lowest BCUT2D eigenvalue weighted by molar-refractivity contribution is -0.208. The van der Waals surface area contributed by atoms with Gasteiger partial charge in [-0.2, -0.15) is 0 Å². The first kappa shape index (κ1) is 66.8. The van der Waals surface area contributed by atoms with Gasteiger partial charge in [0, 0.05) is 59.9 Å². The number of carbonyl (C=O) groups is 8. The molecule has 0 saturated carbocycles. The Kier molecular flexibility index (Phi) is 20.9. The van der Waals surface area contributed by atoms with E-state index in [4.69, 9.17) is 39.9 Å². The molecule has 12 rings (SSSR count). The van der Waals surface area contributed by atoms with E-state index in [0.29, 0.717) is 51.6 Å². The molecule has 6 fully saturated rings. The first-order valence-corrected chi connectivity index (χ1v) is 32.3. The number of para-hydroxylation sites is 2. The molecule has 500 valence electrons. The van der Waals surface area contributed by atoms with Crippen molar-refractivity contribution >= 4 is 69.1 Å². The Labute approximate surface area is 543 Å². The van der Waals surface area contributed by atoms with E-state index in [2.05, 4.69) is 52.5 Å². The van der Waals surface area contributed by atoms with Crippen LogP contribution in [0.25, 0.3) is 21.8 Å². The van der Waals surface area contributed by atoms with Crippen molar-refractivity contribution in [2.45, 2.75) is 189 Å². The van der Waals surface area contributed by atoms with Crippen LogP contribution in [0.15, 0.2) is 122 Å². The zero-order valence-electron chi connectivity index (χ0n) is 53.0. The summed E-state index contributed by atoms with van der Waals surface area (Å²) in [5, 5.41) is 24.9. The Bertz CT molecular complexity index is 3460. The molecular weight excluding hydrogens is 1210 g/mol. The lowest BCUT2D eigenvalue weighted by atomic mass is 10.0. The molecule has 0 bridgehead atoms. The molecule has 6 aromatic rings. The van der Waals surface area contributed by atoms with Crippen molar-refractivity contribution in [1.82, 2.24) is 52.5 Å². The SMILES string of the molecule is CC1(C)OC2[C@H](O[C@@H]3C(=O)NC(Cc4ccccc4)C(=O)NC(Cc4c[nH]c5ccccc45)C(=O)NC(CCCCN)C(=O)N[C@@H]23)O1.CC1(C)OC2[C@H](O[C@@H]3C(=O)NC(Cc4ccccc4)C(=O)N[C@@H](Cc4c[nH]c5ccccc45)C(=O)NC(CCCCN)C(=O)N[C@@H]23)O1. The number of aromatic nitrogens is 2. The summed E-state index contributed by atoms with van der Waals surface area (Å²) in [6.45, 7) is 7.72. The van der Waals surface area contributed by atoms with Gasteiger partial charge in [-0.3, -0.25) is 38.4 Å². The van der Waals surface area contributed by atoms with E-state index in [9.17, 15) is 38.4 Å². The summed E-state index contributed by atoms with van der Waals surface area (Å²) < 4.78 is 36.0. The number of hydrogen-bond donors (Lipinski definition) is 12. The molecule has 94 heavy (non-hydrogen) atoms. The second-order valence-corrected chi connectivity index (χ2v) is 25.6. The molecule has 6 aliphatic rings. The first-order chi connectivity index (χ1) is 45.2. The summed E-state index contributed by atoms with van der Waals surface area (Å²) in [5.74, 6) is -6.42. The van der Waals surface area contributed by atoms with Gasteiger partial charge in [-0.05, 0) is 114 Å². The largest absolute Gasteiger partial charge is 0.361 e. The number of nitrogens with one attached hydrogen (secondary N) is 10. The smallest absolute Gasteiger partial charge is 0.252 e. The summed E-state index contributed by atoms with van der Waals surface area (Å²) in [5.41, 5.74) is 16.5. The number of nitrogens with two attached hydrogens (primary N) is 2. The van der Waals surface area contributed by atoms with Crippen LogP contribution in [0, 0.1) is 0 Å². The zero-order valence-corrected chi connectivity index (χ0v) is 53.0. The highest BCUT2D eigenvalue weighted by Gasteiger charge is 2.59. The van der Waals surface area contributed by atoms with Gasteiger partial charge in [0.2, 0.25) is 35.4 Å². The van der Waals surface area contributed by atoms with Gasteiger partial charge in [0.1, 0.15) is 48.5 Å². The molecule has 6 saturated heterocycles. The Morgan fingerprint density at radius 3 is 1.09 bits per heavy atom. The van der Waals surface area contributed by atoms with Crippen LogP contribution < -0.4 is 54.0 Å². The molecular formula is C68H84N12O14. The summed E-state index contributed by atoms with van der Waals surface area (Å²) in [6, 6.07) is 25.7. The molecule has 0 radical (unpaired) electrons. The molecule has 0 spiro atoms. The number of aromatic amines is 2. The number of unbranched alkanes of at least 4 members (excludes halogenated alkanes) is 2. The average molecular weight is 1290 g/mol. The third-order valence-electron chi connectivity index (χ3n) is 17.7. The lowest BCUT2D eigenvalue weighted by Crippen LogP contribution is -2.58. The Morgan fingerprint density at radius 2 is 0.702 bits per heavy atom. The number of H-pyrrole nitrogens is 2. The van der Waals surface area contributed by atoms with E-state index < -0.39 is 144 Å². The molecule has 6 aliphatic heterocycles. The van der Waals surface area contributed by atoms with Crippen LogP contribution in [-0.4, -0.2) is 167 Å². The maximum absolute atomic E-state index is 14.0. The van der Waals surface area contributed by atoms with Crippen LogP contribution in [-0.2, 0) is 92.5 Å². The van der Waals surface area contributed by atoms with Gasteiger partial charge in [0.15, 0.2) is 36.4 Å². The van der Waals surface area contributed by atoms with Crippen LogP contribution >= 0.6 is 0 Å². The molecule has 14 N–H and O–H groups in total. The fourth-order valence-corrected chi connectivity index (χ4v) is 13.0. The molecule has 26 heteroatoms. The molecule has 4 aromatic carbocycles. The number of rotatable bonds is 16. The highest BCUT2D eigenvalue weighted by Crippen LogP contribution is 2.39. The standard InChI is InChI=1S/2C34H42N6O7/c2*1-34(2)46-28-26-27(45-33(28)47-34)32(44)39-24(16-19-10-4-3-5-11-19)30(42)38-25(17-20-18-36-22-13-7-6-12-21(20)22)31(43)37-23(29(41)40-26)14-8-9-15-35/h2*3-7,10-13,18,23-28,33,36H,8-9,14-17,35H2,1-2H3,(H,37,43)(H,38,42)(H,39,44)(H,40,41)/t23?,24?,25?,26-,27+,28?,33-;23?,24?,25-,26+,27-,28?,33+/m10/s1. The van der Waals surface area contributed by atoms with Crippen molar-refractivity contribution in [1.29, 1.82) is 0 Å². The van der Waals surface area contributed by atoms with Crippen molar-refractivity contribution in [3.8, 4) is 0 Å². The van der Waals surface area contributed by atoms with Crippen LogP contribution in [0.5, 0.6) is 0 Å². The van der Waals surface area contributed by atoms with Gasteiger partial charge in [-0.25, -0.2) is 0 Å². The van der Waals surface area contributed by atoms with E-state index in [-0.39, 0.29) is 25.7 Å². The number of amides is 8. The fourth-order valence-electron chi connectivity index (χ4n) is 13.0. The minimum absolute atomic E-state index is 0.142. The predicted octanol–water partition coefficient (Wildman–Crippen LogP) is 1.82. The van der Waals surface area contributed by atoms with Gasteiger partial charge in [0.05, 0.1) is 12.1 Å². The topological polar surface area (TPSA) is 372 Å². The summed E-state index contributed by atoms with van der Waals surface area (Å²) in [7, 11) is 0. The summed E-state index contributed by atoms with van der Waals surface area (Å²) in [6.07, 6.45) is 1.31. The van der Waals surface area contributed by atoms with Gasteiger partial charge in [-0.15, -0.1) is 0 Å². The first-order valence-electron chi connectivity index (χ1n) is 32.3. The van der Waals surface area contributed by atoms with Crippen molar-refractivity contribution in [2.24, 2.45) is 11.5 Å². The van der Waals surface area contributed by atoms with Crippen molar-refractivity contribution in [3.05, 3.63) is 144 Å². The second-order valence-electron chi connectivity index (χ2n) is 25.6. The fraction of sp³-hybridized carbons (Fsp3) is 0.471. The normalized spacial score (nSPS) is 29.4. The van der Waals surface area contributed by atoms with E-state index in [1.54, 1.807) is 40.1 Å². The maximum Gasteiger partial charge on any atom is 0.252 e. The number of fused-ring (bicyclic) bond motifs is 8. The molecule has 14 atom stereocenters. The molecule has 8 amide bonds. The molecule has 26 nitrogen and oxygen atoms in total. The minimum atomic E-state index is -1.22. The quantitative estimate of drug-likeness (QED) is 0.0615. The number of carbonyl (C=O) groups excluding carboxylic acids is 8. The van der Waals surface area contributed by atoms with Gasteiger partial charge in [0.25, 0.3) is 11.8 Å². The van der Waals surface area contributed by atoms with Crippen LogP contribution in [0.4, 0.5) is 0 Å². The Balaban J connectivity index is 0.000000192. The van der Waals surface area contributed by atoms with E-state index in [0.717, 1.165) is 44.1 Å². The average Bonchev–Trinajstić information content (AvgIpc) is 1.62. The Morgan fingerprint density at radius 1 is 0.372 bits per heavy atom. The monoisotopic (exact) mass is 1290 g/mol. The maximum atomic E-state index is 14.0. The van der Waals surface area contributed by atoms with Crippen LogP contribution in [0.2, 0.25) is 0 Å². The van der Waals surface area contributed by atoms with Gasteiger partial charge >= 0.3 is 0 Å². The molecule has 2 aromatic heterocycles. The number of ether oxygens (including phenoxy) is 6. The summed E-state index contributed by atoms with van der Waals surface area (Å²) >= 11 is 0. The summed E-state index contributed by atoms with van der Waals surface area (Å²) in [4.78, 5) is 118. The second kappa shape index (κ2) is 29.4. The van der Waals surface area contributed by atoms with Crippen LogP contribution in [0.3, 0.4) is 0 Å². The molecule has 8 heterocycles. The van der Waals surface area contributed by atoms with Gasteiger partial charge in [-0.1, -0.05) is 97.1 Å². The third-order valence-corrected chi connectivity index (χ3v) is 17.7. The van der Waals surface area contributed by atoms with E-state index in [1.807, 2.05) is 109 Å². The van der Waals surface area contributed by atoms with Crippen molar-refractivity contribution < 1.29 is 66.8 Å². The lowest BCUT2D eigenvalue weighted by Gasteiger charge is -2.28. The minimum Gasteiger partial charge on any atom is -0.361 e. The Hall–Kier alpha value is -8.60. The van der Waals surface area contributed by atoms with E-state index in [1.165, 1.54) is 0 Å². The van der Waals surface area contributed by atoms with Gasteiger partial charge < -0.3 is 92.4 Å². The van der Waals surface area contributed by atoms with Crippen molar-refractivity contribution in [2.75, 3.05) is 13.1 Å². The molecule has 7 unspecified atom stereocenters.